The van der Waals surface area contributed by atoms with Crippen molar-refractivity contribution in [2.75, 3.05) is 31.9 Å². The first-order valence-electron chi connectivity index (χ1n) is 7.97. The molecule has 1 amide bonds. The van der Waals surface area contributed by atoms with Crippen LogP contribution in [0.25, 0.3) is 0 Å². The summed E-state index contributed by atoms with van der Waals surface area (Å²) < 4.78 is 10.6. The van der Waals surface area contributed by atoms with E-state index in [4.69, 9.17) is 9.47 Å². The molecule has 3 rings (SSSR count). The van der Waals surface area contributed by atoms with Gasteiger partial charge in [-0.15, -0.1) is 0 Å². The molecule has 0 fully saturated rings. The average molecular weight is 327 g/mol. The van der Waals surface area contributed by atoms with Crippen molar-refractivity contribution in [1.82, 2.24) is 10.3 Å². The van der Waals surface area contributed by atoms with E-state index < -0.39 is 0 Å². The highest BCUT2D eigenvalue weighted by Gasteiger charge is 2.21. The quantitative estimate of drug-likeness (QED) is 0.790. The highest BCUT2D eigenvalue weighted by atomic mass is 16.5. The van der Waals surface area contributed by atoms with E-state index in [0.717, 1.165) is 17.7 Å². The van der Waals surface area contributed by atoms with Crippen molar-refractivity contribution >= 4 is 11.6 Å². The summed E-state index contributed by atoms with van der Waals surface area (Å²) in [6.07, 6.45) is 2.57. The number of nitrogens with zero attached hydrogens (tertiary/aromatic N) is 2. The van der Waals surface area contributed by atoms with Gasteiger partial charge in [0.2, 0.25) is 5.88 Å². The number of aromatic nitrogens is 1. The number of fused-ring (bicyclic) bond motifs is 1. The van der Waals surface area contributed by atoms with Crippen LogP contribution in [0.15, 0.2) is 42.6 Å². The summed E-state index contributed by atoms with van der Waals surface area (Å²) in [5.74, 6) is 0.580. The lowest BCUT2D eigenvalue weighted by Gasteiger charge is -2.31. The van der Waals surface area contributed by atoms with Gasteiger partial charge in [0.1, 0.15) is 0 Å². The monoisotopic (exact) mass is 327 g/mol. The minimum Gasteiger partial charge on any atom is -0.478 e. The third kappa shape index (κ3) is 3.83. The lowest BCUT2D eigenvalue weighted by Crippen LogP contribution is -2.42. The van der Waals surface area contributed by atoms with Crippen LogP contribution in [0.3, 0.4) is 0 Å². The van der Waals surface area contributed by atoms with Gasteiger partial charge in [0.25, 0.3) is 5.91 Å². The summed E-state index contributed by atoms with van der Waals surface area (Å²) in [5.41, 5.74) is 2.73. The van der Waals surface area contributed by atoms with E-state index in [1.165, 1.54) is 0 Å². The molecule has 1 aliphatic heterocycles. The minimum absolute atomic E-state index is 0.0289. The fourth-order valence-corrected chi connectivity index (χ4v) is 2.66. The lowest BCUT2D eigenvalue weighted by molar-refractivity contribution is 0.0947. The fraction of sp³-hybridized carbons (Fsp3) is 0.333. The van der Waals surface area contributed by atoms with E-state index in [9.17, 15) is 4.79 Å². The molecule has 0 aliphatic carbocycles. The second kappa shape index (κ2) is 7.79. The molecular formula is C18H21N3O3. The van der Waals surface area contributed by atoms with Gasteiger partial charge in [-0.3, -0.25) is 4.79 Å². The predicted molar refractivity (Wildman–Crippen MR) is 91.2 cm³/mol. The topological polar surface area (TPSA) is 63.7 Å². The molecule has 2 heterocycles. The number of carbonyl (C=O) groups excluding carboxylic acids is 1. The van der Waals surface area contributed by atoms with Crippen LogP contribution in [0.2, 0.25) is 0 Å². The molecule has 0 radical (unpaired) electrons. The molecule has 0 spiro atoms. The van der Waals surface area contributed by atoms with Crippen molar-refractivity contribution in [3.63, 3.8) is 0 Å². The molecule has 0 bridgehead atoms. The number of anilines is 1. The highest BCUT2D eigenvalue weighted by molar-refractivity contribution is 6.01. The zero-order chi connectivity index (χ0) is 16.8. The van der Waals surface area contributed by atoms with Gasteiger partial charge in [-0.1, -0.05) is 12.1 Å². The molecule has 1 aromatic heterocycles. The van der Waals surface area contributed by atoms with Crippen molar-refractivity contribution in [3.05, 3.63) is 53.7 Å². The van der Waals surface area contributed by atoms with Crippen molar-refractivity contribution in [3.8, 4) is 5.88 Å². The molecule has 6 nitrogen and oxygen atoms in total. The molecule has 126 valence electrons. The van der Waals surface area contributed by atoms with Crippen molar-refractivity contribution in [2.24, 2.45) is 0 Å². The summed E-state index contributed by atoms with van der Waals surface area (Å²) in [5, 5.41) is 2.90. The number of hydrogen-bond acceptors (Lipinski definition) is 5. The van der Waals surface area contributed by atoms with Gasteiger partial charge in [-0.25, -0.2) is 4.98 Å². The predicted octanol–water partition coefficient (Wildman–Crippen LogP) is 2.20. The normalized spacial score (nSPS) is 13.4. The van der Waals surface area contributed by atoms with Gasteiger partial charge < -0.3 is 19.7 Å². The summed E-state index contributed by atoms with van der Waals surface area (Å²) >= 11 is 0. The van der Waals surface area contributed by atoms with Crippen LogP contribution >= 0.6 is 0 Å². The number of ether oxygens (including phenoxy) is 2. The van der Waals surface area contributed by atoms with Crippen LogP contribution in [0, 0.1) is 0 Å². The number of amides is 1. The van der Waals surface area contributed by atoms with E-state index in [-0.39, 0.29) is 5.91 Å². The van der Waals surface area contributed by atoms with Gasteiger partial charge >= 0.3 is 0 Å². The standard InChI is InChI=1S/C18H21N3O3/c1-23-9-4-10-24-17-11-14(7-8-19-17)12-21-13-20-18(22)15-5-2-3-6-16(15)21/h2-3,5-8,11H,4,9-10,12-13H2,1H3,(H,20,22). The Morgan fingerprint density at radius 3 is 3.00 bits per heavy atom. The first-order valence-corrected chi connectivity index (χ1v) is 7.97. The van der Waals surface area contributed by atoms with Crippen molar-refractivity contribution < 1.29 is 14.3 Å². The Hall–Kier alpha value is -2.60. The lowest BCUT2D eigenvalue weighted by atomic mass is 10.1. The van der Waals surface area contributed by atoms with Gasteiger partial charge in [-0.2, -0.15) is 0 Å². The number of para-hydroxylation sites is 1. The zero-order valence-corrected chi connectivity index (χ0v) is 13.7. The average Bonchev–Trinajstić information content (AvgIpc) is 2.62. The number of hydrogen-bond donors (Lipinski definition) is 1. The van der Waals surface area contributed by atoms with Crippen molar-refractivity contribution in [2.45, 2.75) is 13.0 Å². The summed E-state index contributed by atoms with van der Waals surface area (Å²) in [6.45, 7) is 2.41. The highest BCUT2D eigenvalue weighted by Crippen LogP contribution is 2.25. The molecule has 2 aromatic rings. The Morgan fingerprint density at radius 1 is 1.25 bits per heavy atom. The number of rotatable bonds is 7. The fourth-order valence-electron chi connectivity index (χ4n) is 2.66. The van der Waals surface area contributed by atoms with Crippen LogP contribution in [-0.2, 0) is 11.3 Å². The van der Waals surface area contributed by atoms with Gasteiger partial charge in [0.15, 0.2) is 0 Å². The maximum atomic E-state index is 11.9. The van der Waals surface area contributed by atoms with E-state index in [0.29, 0.717) is 37.9 Å². The summed E-state index contributed by atoms with van der Waals surface area (Å²) in [6, 6.07) is 11.5. The molecule has 0 saturated heterocycles. The second-order valence-corrected chi connectivity index (χ2v) is 5.58. The number of nitrogens with one attached hydrogen (secondary N) is 1. The Kier molecular flexibility index (Phi) is 5.28. The Labute approximate surface area is 141 Å². The molecule has 0 unspecified atom stereocenters. The largest absolute Gasteiger partial charge is 0.478 e. The maximum absolute atomic E-state index is 11.9. The minimum atomic E-state index is -0.0289. The Bertz CT molecular complexity index is 705. The molecule has 1 aromatic carbocycles. The summed E-state index contributed by atoms with van der Waals surface area (Å²) in [7, 11) is 1.67. The van der Waals surface area contributed by atoms with Crippen LogP contribution in [0.1, 0.15) is 22.3 Å². The maximum Gasteiger partial charge on any atom is 0.254 e. The van der Waals surface area contributed by atoms with Crippen LogP contribution in [0.4, 0.5) is 5.69 Å². The third-order valence-electron chi connectivity index (χ3n) is 3.84. The first-order chi connectivity index (χ1) is 11.8. The first kappa shape index (κ1) is 16.3. The summed E-state index contributed by atoms with van der Waals surface area (Å²) in [4.78, 5) is 18.3. The van der Waals surface area contributed by atoms with E-state index in [2.05, 4.69) is 15.2 Å². The molecular weight excluding hydrogens is 306 g/mol. The van der Waals surface area contributed by atoms with Crippen molar-refractivity contribution in [1.29, 1.82) is 0 Å². The second-order valence-electron chi connectivity index (χ2n) is 5.58. The number of methoxy groups -OCH3 is 1. The van der Waals surface area contributed by atoms with E-state index >= 15 is 0 Å². The van der Waals surface area contributed by atoms with E-state index in [1.807, 2.05) is 36.4 Å². The third-order valence-corrected chi connectivity index (χ3v) is 3.84. The van der Waals surface area contributed by atoms with Gasteiger partial charge in [0.05, 0.1) is 24.5 Å². The Morgan fingerprint density at radius 2 is 2.12 bits per heavy atom. The van der Waals surface area contributed by atoms with Gasteiger partial charge in [0, 0.05) is 38.9 Å². The Balaban J connectivity index is 1.68. The number of benzene rings is 1. The molecule has 6 heteroatoms. The molecule has 1 aliphatic rings. The van der Waals surface area contributed by atoms with Crippen LogP contribution in [-0.4, -0.2) is 37.9 Å². The smallest absolute Gasteiger partial charge is 0.254 e. The van der Waals surface area contributed by atoms with Crippen LogP contribution in [0.5, 0.6) is 5.88 Å². The van der Waals surface area contributed by atoms with E-state index in [1.54, 1.807) is 13.3 Å². The van der Waals surface area contributed by atoms with Gasteiger partial charge in [-0.05, 0) is 23.8 Å². The number of carbonyl (C=O) groups is 1. The number of pyridine rings is 1. The molecule has 24 heavy (non-hydrogen) atoms. The molecule has 1 N–H and O–H groups in total. The zero-order valence-electron chi connectivity index (χ0n) is 13.7. The molecule has 0 saturated carbocycles. The molecule has 0 atom stereocenters. The SMILES string of the molecule is COCCCOc1cc(CN2CNC(=O)c3ccccc32)ccn1. The van der Waals surface area contributed by atoms with Crippen LogP contribution < -0.4 is 15.0 Å².